The third-order valence-electron chi connectivity index (χ3n) is 2.86. The molecule has 0 N–H and O–H groups in total. The number of hydrogen-bond donors (Lipinski definition) is 0. The van der Waals surface area contributed by atoms with Gasteiger partial charge in [-0.25, -0.2) is 4.79 Å². The van der Waals surface area contributed by atoms with Crippen molar-refractivity contribution in [2.75, 3.05) is 19.1 Å². The number of carbonyl (C=O) groups excluding carboxylic acids is 2. The lowest BCUT2D eigenvalue weighted by molar-refractivity contribution is -0.388. The molecule has 0 fully saturated rings. The predicted octanol–water partition coefficient (Wildman–Crippen LogP) is 2.38. The number of hydrogen-bond acceptors (Lipinski definition) is 5. The molecule has 10 heteroatoms. The maximum absolute atomic E-state index is 12.9. The summed E-state index contributed by atoms with van der Waals surface area (Å²) in [5.41, 5.74) is -3.81. The molecule has 0 spiro atoms. The van der Waals surface area contributed by atoms with Gasteiger partial charge in [-0.1, -0.05) is 0 Å². The first-order valence-corrected chi connectivity index (χ1v) is 5.73. The summed E-state index contributed by atoms with van der Waals surface area (Å²) in [7, 11) is 2.10. The quantitative estimate of drug-likeness (QED) is 0.484. The topological polar surface area (TPSA) is 89.8 Å². The highest BCUT2D eigenvalue weighted by Gasteiger charge is 2.40. The zero-order valence-corrected chi connectivity index (χ0v) is 11.7. The van der Waals surface area contributed by atoms with Gasteiger partial charge in [0.2, 0.25) is 5.91 Å². The molecule has 1 rings (SSSR count). The smallest absolute Gasteiger partial charge is 0.423 e. The normalized spacial score (nSPS) is 11.0. The van der Waals surface area contributed by atoms with E-state index in [9.17, 15) is 32.9 Å². The third kappa shape index (κ3) is 3.32. The first-order valence-electron chi connectivity index (χ1n) is 5.73. The molecule has 0 atom stereocenters. The minimum absolute atomic E-state index is 0.381. The Morgan fingerprint density at radius 1 is 1.32 bits per heavy atom. The predicted molar refractivity (Wildman–Crippen MR) is 68.5 cm³/mol. The highest BCUT2D eigenvalue weighted by molar-refractivity contribution is 6.02. The number of halogens is 3. The van der Waals surface area contributed by atoms with Crippen molar-refractivity contribution in [3.63, 3.8) is 0 Å². The Bertz CT molecular complexity index is 642. The van der Waals surface area contributed by atoms with Gasteiger partial charge in [-0.2, -0.15) is 13.2 Å². The molecule has 22 heavy (non-hydrogen) atoms. The van der Waals surface area contributed by atoms with Crippen molar-refractivity contribution in [1.82, 2.24) is 0 Å². The summed E-state index contributed by atoms with van der Waals surface area (Å²) in [6.07, 6.45) is -5.02. The highest BCUT2D eigenvalue weighted by atomic mass is 19.4. The van der Waals surface area contributed by atoms with E-state index in [1.807, 2.05) is 0 Å². The average molecular weight is 320 g/mol. The number of nitrogens with zero attached hydrogens (tertiary/aromatic N) is 2. The van der Waals surface area contributed by atoms with Crippen LogP contribution in [0.25, 0.3) is 0 Å². The van der Waals surface area contributed by atoms with E-state index in [4.69, 9.17) is 0 Å². The van der Waals surface area contributed by atoms with Crippen LogP contribution in [-0.2, 0) is 15.7 Å². The molecule has 1 amide bonds. The number of benzene rings is 1. The molecule has 0 aliphatic carbocycles. The molecular weight excluding hydrogens is 309 g/mol. The zero-order chi connectivity index (χ0) is 17.2. The van der Waals surface area contributed by atoms with E-state index in [0.29, 0.717) is 12.1 Å². The first kappa shape index (κ1) is 17.4. The summed E-state index contributed by atoms with van der Waals surface area (Å²) in [5.74, 6) is -1.76. The lowest BCUT2D eigenvalue weighted by atomic mass is 10.0. The monoisotopic (exact) mass is 320 g/mol. The van der Waals surface area contributed by atoms with Gasteiger partial charge < -0.3 is 9.64 Å². The van der Waals surface area contributed by atoms with E-state index >= 15 is 0 Å². The summed E-state index contributed by atoms with van der Waals surface area (Å²) in [6.45, 7) is 1.07. The highest BCUT2D eigenvalue weighted by Crippen LogP contribution is 2.40. The number of methoxy groups -OCH3 is 1. The Morgan fingerprint density at radius 3 is 2.23 bits per heavy atom. The van der Waals surface area contributed by atoms with Crippen molar-refractivity contribution in [3.05, 3.63) is 33.4 Å². The Hall–Kier alpha value is -2.65. The Labute approximate surface area is 122 Å². The number of ether oxygens (including phenoxy) is 1. The van der Waals surface area contributed by atoms with Crippen molar-refractivity contribution >= 4 is 23.3 Å². The second-order valence-corrected chi connectivity index (χ2v) is 4.21. The Kier molecular flexibility index (Phi) is 4.74. The van der Waals surface area contributed by atoms with Crippen LogP contribution in [0.2, 0.25) is 0 Å². The van der Waals surface area contributed by atoms with Gasteiger partial charge in [0.15, 0.2) is 0 Å². The van der Waals surface area contributed by atoms with Crippen LogP contribution in [0, 0.1) is 10.1 Å². The minimum Gasteiger partial charge on any atom is -0.465 e. The number of anilines is 1. The zero-order valence-electron chi connectivity index (χ0n) is 11.7. The summed E-state index contributed by atoms with van der Waals surface area (Å²) < 4.78 is 43.2. The van der Waals surface area contributed by atoms with Crippen molar-refractivity contribution in [3.8, 4) is 0 Å². The summed E-state index contributed by atoms with van der Waals surface area (Å²) in [4.78, 5) is 33.3. The molecule has 1 aromatic carbocycles. The second-order valence-electron chi connectivity index (χ2n) is 4.21. The van der Waals surface area contributed by atoms with Crippen molar-refractivity contribution in [1.29, 1.82) is 0 Å². The van der Waals surface area contributed by atoms with Gasteiger partial charge in [0.25, 0.3) is 5.69 Å². The summed E-state index contributed by atoms with van der Waals surface area (Å²) in [6, 6.07) is 0.829. The average Bonchev–Trinajstić information content (AvgIpc) is 2.42. The second kappa shape index (κ2) is 6.00. The molecule has 0 saturated carbocycles. The van der Waals surface area contributed by atoms with Crippen LogP contribution in [0.5, 0.6) is 0 Å². The summed E-state index contributed by atoms with van der Waals surface area (Å²) in [5, 5.41) is 10.8. The first-order chi connectivity index (χ1) is 10.0. The van der Waals surface area contributed by atoms with E-state index in [-0.39, 0.29) is 0 Å². The molecule has 0 bridgehead atoms. The standard InChI is InChI=1S/C12H11F3N2O5/c1-6(18)16(2)9-5-8(12(13,14)15)10(17(20)21)4-7(9)11(19)22-3/h4-5H,1-3H3. The molecule has 1 aromatic rings. The van der Waals surface area contributed by atoms with Crippen LogP contribution in [0.3, 0.4) is 0 Å². The van der Waals surface area contributed by atoms with Gasteiger partial charge in [0, 0.05) is 20.0 Å². The fourth-order valence-corrected chi connectivity index (χ4v) is 1.68. The van der Waals surface area contributed by atoms with Crippen LogP contribution in [0.15, 0.2) is 12.1 Å². The number of nitro groups is 1. The number of esters is 1. The fraction of sp³-hybridized carbons (Fsp3) is 0.333. The third-order valence-corrected chi connectivity index (χ3v) is 2.86. The summed E-state index contributed by atoms with van der Waals surface area (Å²) >= 11 is 0. The van der Waals surface area contributed by atoms with E-state index in [2.05, 4.69) is 4.74 Å². The molecule has 0 unspecified atom stereocenters. The van der Waals surface area contributed by atoms with E-state index in [0.717, 1.165) is 26.0 Å². The number of nitro benzene ring substituents is 1. The Balaban J connectivity index is 3.77. The number of carbonyl (C=O) groups is 2. The molecule has 120 valence electrons. The van der Waals surface area contributed by atoms with Gasteiger partial charge >= 0.3 is 12.1 Å². The molecule has 0 aromatic heterocycles. The van der Waals surface area contributed by atoms with E-state index in [1.54, 1.807) is 0 Å². The molecule has 0 radical (unpaired) electrons. The van der Waals surface area contributed by atoms with Crippen molar-refractivity contribution in [2.24, 2.45) is 0 Å². The van der Waals surface area contributed by atoms with Gasteiger partial charge in [-0.15, -0.1) is 0 Å². The fourth-order valence-electron chi connectivity index (χ4n) is 1.68. The maximum Gasteiger partial charge on any atom is 0.423 e. The lowest BCUT2D eigenvalue weighted by Gasteiger charge is -2.20. The maximum atomic E-state index is 12.9. The number of rotatable bonds is 3. The number of amides is 1. The molecule has 0 heterocycles. The Morgan fingerprint density at radius 2 is 1.86 bits per heavy atom. The molecule has 0 saturated heterocycles. The SMILES string of the molecule is COC(=O)c1cc([N+](=O)[O-])c(C(F)(F)F)cc1N(C)C(C)=O. The molecule has 0 aliphatic rings. The largest absolute Gasteiger partial charge is 0.465 e. The van der Waals surface area contributed by atoms with Crippen LogP contribution in [0.1, 0.15) is 22.8 Å². The van der Waals surface area contributed by atoms with Gasteiger partial charge in [0.1, 0.15) is 5.56 Å². The molecule has 7 nitrogen and oxygen atoms in total. The van der Waals surface area contributed by atoms with Crippen molar-refractivity contribution in [2.45, 2.75) is 13.1 Å². The van der Waals surface area contributed by atoms with E-state index in [1.165, 1.54) is 0 Å². The van der Waals surface area contributed by atoms with Crippen LogP contribution in [0.4, 0.5) is 24.5 Å². The van der Waals surface area contributed by atoms with Crippen LogP contribution in [-0.4, -0.2) is 31.0 Å². The van der Waals surface area contributed by atoms with E-state index < -0.39 is 45.5 Å². The van der Waals surface area contributed by atoms with Gasteiger partial charge in [0.05, 0.1) is 23.3 Å². The van der Waals surface area contributed by atoms with Crippen molar-refractivity contribution < 1.29 is 32.4 Å². The number of alkyl halides is 3. The van der Waals surface area contributed by atoms with Gasteiger partial charge in [-0.05, 0) is 6.07 Å². The lowest BCUT2D eigenvalue weighted by Crippen LogP contribution is -2.26. The molecule has 0 aliphatic heterocycles. The molecular formula is C12H11F3N2O5. The van der Waals surface area contributed by atoms with Crippen LogP contribution < -0.4 is 4.90 Å². The van der Waals surface area contributed by atoms with Crippen LogP contribution >= 0.6 is 0 Å². The van der Waals surface area contributed by atoms with Gasteiger partial charge in [-0.3, -0.25) is 14.9 Å². The minimum atomic E-state index is -5.02.